The Bertz CT molecular complexity index is 905. The van der Waals surface area contributed by atoms with E-state index in [0.717, 1.165) is 25.9 Å². The highest BCUT2D eigenvalue weighted by Gasteiger charge is 2.21. The molecule has 0 atom stereocenters. The van der Waals surface area contributed by atoms with Crippen LogP contribution in [0.1, 0.15) is 12.8 Å². The first-order chi connectivity index (χ1) is 12.2. The van der Waals surface area contributed by atoms with Crippen molar-refractivity contribution in [2.24, 2.45) is 5.92 Å². The molecule has 7 heteroatoms. The third-order valence-electron chi connectivity index (χ3n) is 4.46. The Morgan fingerprint density at radius 2 is 1.88 bits per heavy atom. The second kappa shape index (κ2) is 7.85. The largest absolute Gasteiger partial charge is 0.436 e. The molecule has 0 bridgehead atoms. The van der Waals surface area contributed by atoms with Gasteiger partial charge in [0.05, 0.1) is 0 Å². The first-order valence-electron chi connectivity index (χ1n) is 8.37. The van der Waals surface area contributed by atoms with Crippen LogP contribution in [0.4, 0.5) is 10.1 Å². The monoisotopic (exact) mass is 375 g/mol. The number of piperidine rings is 1. The van der Waals surface area contributed by atoms with Gasteiger partial charge in [0.2, 0.25) is 11.8 Å². The Kier molecular flexibility index (Phi) is 5.54. The van der Waals surface area contributed by atoms with E-state index in [0.29, 0.717) is 28.2 Å². The Morgan fingerprint density at radius 1 is 1.15 bits per heavy atom. The minimum atomic E-state index is -0.303. The van der Waals surface area contributed by atoms with Crippen molar-refractivity contribution in [3.8, 4) is 11.5 Å². The molecule has 1 saturated heterocycles. The third kappa shape index (κ3) is 3.86. The van der Waals surface area contributed by atoms with Crippen LogP contribution in [-0.4, -0.2) is 24.0 Å². The van der Waals surface area contributed by atoms with E-state index in [-0.39, 0.29) is 30.0 Å². The quantitative estimate of drug-likeness (QED) is 0.726. The van der Waals surface area contributed by atoms with Crippen molar-refractivity contribution in [1.82, 2.24) is 10.3 Å². The molecule has 1 fully saturated rings. The maximum atomic E-state index is 13.0. The van der Waals surface area contributed by atoms with Gasteiger partial charge in [-0.15, -0.1) is 12.4 Å². The highest BCUT2D eigenvalue weighted by Crippen LogP contribution is 2.27. The Hall–Kier alpha value is -2.44. The smallest absolute Gasteiger partial charge is 0.227 e. The third-order valence-corrected chi connectivity index (χ3v) is 4.46. The zero-order valence-electron chi connectivity index (χ0n) is 14.0. The molecule has 26 heavy (non-hydrogen) atoms. The summed E-state index contributed by atoms with van der Waals surface area (Å²) in [6, 6.07) is 11.4. The predicted octanol–water partition coefficient (Wildman–Crippen LogP) is 3.99. The van der Waals surface area contributed by atoms with Gasteiger partial charge in [-0.3, -0.25) is 4.79 Å². The van der Waals surface area contributed by atoms with Gasteiger partial charge in [0.1, 0.15) is 11.3 Å². The summed E-state index contributed by atoms with van der Waals surface area (Å²) < 4.78 is 18.8. The lowest BCUT2D eigenvalue weighted by Gasteiger charge is -2.21. The van der Waals surface area contributed by atoms with Crippen LogP contribution < -0.4 is 10.6 Å². The van der Waals surface area contributed by atoms with E-state index in [1.54, 1.807) is 18.2 Å². The molecule has 136 valence electrons. The van der Waals surface area contributed by atoms with E-state index in [1.807, 2.05) is 12.1 Å². The van der Waals surface area contributed by atoms with Crippen LogP contribution in [0.2, 0.25) is 0 Å². The van der Waals surface area contributed by atoms with Crippen LogP contribution in [0.5, 0.6) is 0 Å². The van der Waals surface area contributed by atoms with Crippen molar-refractivity contribution in [1.29, 1.82) is 0 Å². The van der Waals surface area contributed by atoms with E-state index >= 15 is 0 Å². The molecular formula is C19H19ClFN3O2. The molecule has 0 aliphatic carbocycles. The zero-order chi connectivity index (χ0) is 17.2. The second-order valence-corrected chi connectivity index (χ2v) is 6.22. The standard InChI is InChI=1S/C19H18FN3O2.ClH/c20-14-3-1-13(2-4-14)19-23-16-6-5-15(11-17(16)25-19)22-18(24)12-7-9-21-10-8-12;/h1-6,11-12,21H,7-10H2,(H,22,24);1H. The fourth-order valence-corrected chi connectivity index (χ4v) is 3.05. The summed E-state index contributed by atoms with van der Waals surface area (Å²) >= 11 is 0. The first kappa shape index (κ1) is 18.4. The molecule has 2 heterocycles. The minimum Gasteiger partial charge on any atom is -0.436 e. The number of aromatic nitrogens is 1. The number of carbonyl (C=O) groups is 1. The highest BCUT2D eigenvalue weighted by molar-refractivity contribution is 5.94. The molecule has 5 nitrogen and oxygen atoms in total. The van der Waals surface area contributed by atoms with Crippen LogP contribution in [0.15, 0.2) is 46.9 Å². The number of rotatable bonds is 3. The first-order valence-corrected chi connectivity index (χ1v) is 8.37. The SMILES string of the molecule is Cl.O=C(Nc1ccc2nc(-c3ccc(F)cc3)oc2c1)C1CCNCC1. The van der Waals surface area contributed by atoms with E-state index < -0.39 is 0 Å². The number of nitrogens with zero attached hydrogens (tertiary/aromatic N) is 1. The number of anilines is 1. The van der Waals surface area contributed by atoms with Crippen LogP contribution in [0, 0.1) is 11.7 Å². The van der Waals surface area contributed by atoms with Crippen LogP contribution >= 0.6 is 12.4 Å². The molecule has 0 radical (unpaired) electrons. The van der Waals surface area contributed by atoms with Crippen LogP contribution in [-0.2, 0) is 4.79 Å². The Morgan fingerprint density at radius 3 is 2.62 bits per heavy atom. The van der Waals surface area contributed by atoms with Crippen LogP contribution in [0.3, 0.4) is 0 Å². The van der Waals surface area contributed by atoms with Crippen molar-refractivity contribution in [3.63, 3.8) is 0 Å². The molecule has 1 aromatic heterocycles. The van der Waals surface area contributed by atoms with Crippen molar-refractivity contribution >= 4 is 35.1 Å². The van der Waals surface area contributed by atoms with Crippen molar-refractivity contribution < 1.29 is 13.6 Å². The minimum absolute atomic E-state index is 0. The molecule has 1 amide bonds. The summed E-state index contributed by atoms with van der Waals surface area (Å²) in [5, 5.41) is 6.21. The number of hydrogen-bond donors (Lipinski definition) is 2. The van der Waals surface area contributed by atoms with Crippen molar-refractivity contribution in [2.75, 3.05) is 18.4 Å². The average Bonchev–Trinajstić information content (AvgIpc) is 3.06. The molecule has 2 aromatic carbocycles. The van der Waals surface area contributed by atoms with Gasteiger partial charge < -0.3 is 15.1 Å². The summed E-state index contributed by atoms with van der Waals surface area (Å²) in [6.07, 6.45) is 1.70. The van der Waals surface area contributed by atoms with Gasteiger partial charge in [-0.1, -0.05) is 0 Å². The van der Waals surface area contributed by atoms with Gasteiger partial charge in [0.15, 0.2) is 5.58 Å². The van der Waals surface area contributed by atoms with Gasteiger partial charge in [0.25, 0.3) is 0 Å². The Balaban J connectivity index is 0.00000196. The molecule has 1 aliphatic heterocycles. The number of benzene rings is 2. The number of halogens is 2. The lowest BCUT2D eigenvalue weighted by Crippen LogP contribution is -2.34. The second-order valence-electron chi connectivity index (χ2n) is 6.22. The maximum Gasteiger partial charge on any atom is 0.227 e. The van der Waals surface area contributed by atoms with Gasteiger partial charge in [-0.2, -0.15) is 0 Å². The highest BCUT2D eigenvalue weighted by atomic mass is 35.5. The fourth-order valence-electron chi connectivity index (χ4n) is 3.05. The van der Waals surface area contributed by atoms with Crippen molar-refractivity contribution in [3.05, 3.63) is 48.3 Å². The summed E-state index contributed by atoms with van der Waals surface area (Å²) in [4.78, 5) is 16.8. The van der Waals surface area contributed by atoms with E-state index in [9.17, 15) is 9.18 Å². The molecule has 1 aliphatic rings. The lowest BCUT2D eigenvalue weighted by molar-refractivity contribution is -0.120. The summed E-state index contributed by atoms with van der Waals surface area (Å²) in [7, 11) is 0. The molecule has 0 unspecified atom stereocenters. The van der Waals surface area contributed by atoms with Crippen LogP contribution in [0.25, 0.3) is 22.6 Å². The number of amides is 1. The Labute approximate surface area is 156 Å². The van der Waals surface area contributed by atoms with Crippen molar-refractivity contribution in [2.45, 2.75) is 12.8 Å². The van der Waals surface area contributed by atoms with E-state index in [4.69, 9.17) is 4.42 Å². The summed E-state index contributed by atoms with van der Waals surface area (Å²) in [5.74, 6) is 0.208. The summed E-state index contributed by atoms with van der Waals surface area (Å²) in [6.45, 7) is 1.75. The topological polar surface area (TPSA) is 67.2 Å². The number of nitrogens with one attached hydrogen (secondary N) is 2. The number of hydrogen-bond acceptors (Lipinski definition) is 4. The molecule has 3 aromatic rings. The van der Waals surface area contributed by atoms with Gasteiger partial charge in [-0.25, -0.2) is 9.37 Å². The molecule has 0 saturated carbocycles. The predicted molar refractivity (Wildman–Crippen MR) is 101 cm³/mol. The average molecular weight is 376 g/mol. The van der Waals surface area contributed by atoms with Gasteiger partial charge >= 0.3 is 0 Å². The lowest BCUT2D eigenvalue weighted by atomic mass is 9.97. The number of carbonyl (C=O) groups excluding carboxylic acids is 1. The van der Waals surface area contributed by atoms with Gasteiger partial charge in [0, 0.05) is 23.2 Å². The van der Waals surface area contributed by atoms with Gasteiger partial charge in [-0.05, 0) is 62.3 Å². The van der Waals surface area contributed by atoms with E-state index in [1.165, 1.54) is 12.1 Å². The number of oxazole rings is 1. The molecule has 0 spiro atoms. The molecule has 2 N–H and O–H groups in total. The number of fused-ring (bicyclic) bond motifs is 1. The molecule has 4 rings (SSSR count). The summed E-state index contributed by atoms with van der Waals surface area (Å²) in [5.41, 5.74) is 2.68. The normalized spacial score (nSPS) is 14.8. The molecular weight excluding hydrogens is 357 g/mol. The van der Waals surface area contributed by atoms with E-state index in [2.05, 4.69) is 15.6 Å². The maximum absolute atomic E-state index is 13.0. The zero-order valence-corrected chi connectivity index (χ0v) is 14.8. The fraction of sp³-hybridized carbons (Fsp3) is 0.263.